The first-order valence-corrected chi connectivity index (χ1v) is 5.82. The summed E-state index contributed by atoms with van der Waals surface area (Å²) in [5.74, 6) is -0.588. The molecule has 5 heteroatoms. The Morgan fingerprint density at radius 1 is 1.29 bits per heavy atom. The molecule has 0 unspecified atom stereocenters. The van der Waals surface area contributed by atoms with Crippen molar-refractivity contribution in [2.24, 2.45) is 0 Å². The van der Waals surface area contributed by atoms with E-state index in [0.717, 1.165) is 25.3 Å². The van der Waals surface area contributed by atoms with Crippen molar-refractivity contribution in [2.45, 2.75) is 32.6 Å². The summed E-state index contributed by atoms with van der Waals surface area (Å²) in [6.45, 7) is 2.84. The third-order valence-corrected chi connectivity index (χ3v) is 2.45. The number of anilines is 1. The zero-order chi connectivity index (χ0) is 12.7. The largest absolute Gasteiger partial charge is 0.385 e. The molecule has 0 aliphatic carbocycles. The van der Waals surface area contributed by atoms with Crippen LogP contribution in [-0.2, 0) is 0 Å². The average Bonchev–Trinajstić information content (AvgIpc) is 2.28. The van der Waals surface area contributed by atoms with Crippen molar-refractivity contribution in [1.82, 2.24) is 0 Å². The number of nitro groups is 1. The minimum atomic E-state index is -0.592. The molecule has 94 valence electrons. The highest BCUT2D eigenvalue weighted by atomic mass is 19.1. The van der Waals surface area contributed by atoms with Gasteiger partial charge in [-0.1, -0.05) is 26.2 Å². The first kappa shape index (κ1) is 13.4. The van der Waals surface area contributed by atoms with Gasteiger partial charge in [0.2, 0.25) is 0 Å². The average molecular weight is 240 g/mol. The van der Waals surface area contributed by atoms with Crippen molar-refractivity contribution in [1.29, 1.82) is 0 Å². The molecule has 17 heavy (non-hydrogen) atoms. The summed E-state index contributed by atoms with van der Waals surface area (Å²) in [6, 6.07) is 3.54. The van der Waals surface area contributed by atoms with Crippen LogP contribution in [0.25, 0.3) is 0 Å². The lowest BCUT2D eigenvalue weighted by Gasteiger charge is -2.06. The molecule has 1 N–H and O–H groups in total. The van der Waals surface area contributed by atoms with Crippen LogP contribution in [0, 0.1) is 15.9 Å². The number of hydrogen-bond acceptors (Lipinski definition) is 3. The summed E-state index contributed by atoms with van der Waals surface area (Å²) >= 11 is 0. The highest BCUT2D eigenvalue weighted by molar-refractivity contribution is 5.51. The topological polar surface area (TPSA) is 55.2 Å². The predicted molar refractivity (Wildman–Crippen MR) is 65.7 cm³/mol. The normalized spacial score (nSPS) is 10.2. The number of hydrogen-bond donors (Lipinski definition) is 1. The number of nitrogens with zero attached hydrogens (tertiary/aromatic N) is 1. The molecule has 0 bridgehead atoms. The second-order valence-electron chi connectivity index (χ2n) is 3.94. The zero-order valence-electron chi connectivity index (χ0n) is 9.91. The Labute approximate surface area is 100.0 Å². The second-order valence-corrected chi connectivity index (χ2v) is 3.94. The molecular formula is C12H17FN2O2. The van der Waals surface area contributed by atoms with Gasteiger partial charge in [0.15, 0.2) is 0 Å². The van der Waals surface area contributed by atoms with E-state index in [-0.39, 0.29) is 5.69 Å². The third-order valence-electron chi connectivity index (χ3n) is 2.45. The Kier molecular flexibility index (Phi) is 5.39. The number of halogens is 1. The summed E-state index contributed by atoms with van der Waals surface area (Å²) in [4.78, 5) is 9.94. The highest BCUT2D eigenvalue weighted by Crippen LogP contribution is 2.20. The van der Waals surface area contributed by atoms with E-state index in [4.69, 9.17) is 0 Å². The van der Waals surface area contributed by atoms with Gasteiger partial charge in [-0.05, 0) is 12.5 Å². The van der Waals surface area contributed by atoms with Crippen molar-refractivity contribution in [3.8, 4) is 0 Å². The Hall–Kier alpha value is -1.65. The number of benzene rings is 1. The molecule has 4 nitrogen and oxygen atoms in total. The molecule has 0 aliphatic rings. The van der Waals surface area contributed by atoms with E-state index in [0.29, 0.717) is 12.2 Å². The lowest BCUT2D eigenvalue weighted by atomic mass is 10.2. The maximum Gasteiger partial charge on any atom is 0.274 e. The number of nitro benzene ring substituents is 1. The van der Waals surface area contributed by atoms with Crippen LogP contribution < -0.4 is 5.32 Å². The fourth-order valence-corrected chi connectivity index (χ4v) is 1.57. The van der Waals surface area contributed by atoms with Gasteiger partial charge in [0.25, 0.3) is 5.69 Å². The van der Waals surface area contributed by atoms with Crippen molar-refractivity contribution in [3.05, 3.63) is 34.1 Å². The molecule has 0 saturated carbocycles. The monoisotopic (exact) mass is 240 g/mol. The number of unbranched alkanes of at least 4 members (excludes halogenated alkanes) is 3. The van der Waals surface area contributed by atoms with Gasteiger partial charge in [-0.2, -0.15) is 0 Å². The van der Waals surface area contributed by atoms with Gasteiger partial charge in [0, 0.05) is 18.3 Å². The molecule has 0 atom stereocenters. The minimum absolute atomic E-state index is 0.221. The zero-order valence-corrected chi connectivity index (χ0v) is 9.91. The fourth-order valence-electron chi connectivity index (χ4n) is 1.57. The maximum absolute atomic E-state index is 13.1. The summed E-state index contributed by atoms with van der Waals surface area (Å²) in [5.41, 5.74) is 0.245. The lowest BCUT2D eigenvalue weighted by molar-refractivity contribution is -0.385. The number of rotatable bonds is 7. The highest BCUT2D eigenvalue weighted by Gasteiger charge is 2.09. The first-order valence-electron chi connectivity index (χ1n) is 5.82. The van der Waals surface area contributed by atoms with Gasteiger partial charge in [-0.25, -0.2) is 4.39 Å². The number of nitrogens with one attached hydrogen (secondary N) is 1. The van der Waals surface area contributed by atoms with Crippen molar-refractivity contribution < 1.29 is 9.31 Å². The molecule has 0 saturated heterocycles. The Balaban J connectivity index is 2.50. The standard InChI is InChI=1S/C12H17FN2O2/c1-2-3-4-5-6-14-11-7-10(13)8-12(9-11)15(16)17/h7-9,14H,2-6H2,1H3. The van der Waals surface area contributed by atoms with Crippen LogP contribution >= 0.6 is 0 Å². The van der Waals surface area contributed by atoms with E-state index in [1.165, 1.54) is 18.6 Å². The predicted octanol–water partition coefficient (Wildman–Crippen LogP) is 3.73. The van der Waals surface area contributed by atoms with Crippen LogP contribution in [0.4, 0.5) is 15.8 Å². The molecule has 0 heterocycles. The van der Waals surface area contributed by atoms with E-state index in [9.17, 15) is 14.5 Å². The molecule has 1 rings (SSSR count). The molecule has 1 aromatic carbocycles. The van der Waals surface area contributed by atoms with E-state index < -0.39 is 10.7 Å². The van der Waals surface area contributed by atoms with Crippen molar-refractivity contribution in [3.63, 3.8) is 0 Å². The van der Waals surface area contributed by atoms with E-state index >= 15 is 0 Å². The Morgan fingerprint density at radius 3 is 2.71 bits per heavy atom. The van der Waals surface area contributed by atoms with Crippen LogP contribution in [-0.4, -0.2) is 11.5 Å². The maximum atomic E-state index is 13.1. The van der Waals surface area contributed by atoms with E-state index in [1.807, 2.05) is 0 Å². The molecular weight excluding hydrogens is 223 g/mol. The summed E-state index contributed by atoms with van der Waals surface area (Å²) in [6.07, 6.45) is 4.43. The molecule has 0 amide bonds. The summed E-state index contributed by atoms with van der Waals surface area (Å²) in [7, 11) is 0. The van der Waals surface area contributed by atoms with Crippen LogP contribution in [0.1, 0.15) is 32.6 Å². The molecule has 0 aliphatic heterocycles. The Bertz CT molecular complexity index is 383. The molecule has 0 spiro atoms. The number of non-ortho nitro benzene ring substituents is 1. The second kappa shape index (κ2) is 6.83. The SMILES string of the molecule is CCCCCCNc1cc(F)cc([N+](=O)[O-])c1. The minimum Gasteiger partial charge on any atom is -0.385 e. The van der Waals surface area contributed by atoms with Crippen LogP contribution in [0.15, 0.2) is 18.2 Å². The molecule has 0 radical (unpaired) electrons. The van der Waals surface area contributed by atoms with Gasteiger partial charge in [-0.15, -0.1) is 0 Å². The van der Waals surface area contributed by atoms with Crippen molar-refractivity contribution in [2.75, 3.05) is 11.9 Å². The van der Waals surface area contributed by atoms with Crippen LogP contribution in [0.5, 0.6) is 0 Å². The van der Waals surface area contributed by atoms with E-state index in [1.54, 1.807) is 0 Å². The quantitative estimate of drug-likeness (QED) is 0.449. The van der Waals surface area contributed by atoms with Gasteiger partial charge in [0.05, 0.1) is 11.0 Å². The fraction of sp³-hybridized carbons (Fsp3) is 0.500. The molecule has 0 fully saturated rings. The molecule has 0 aromatic heterocycles. The molecule has 1 aromatic rings. The van der Waals surface area contributed by atoms with Crippen LogP contribution in [0.3, 0.4) is 0 Å². The summed E-state index contributed by atoms with van der Waals surface area (Å²) in [5, 5.41) is 13.5. The van der Waals surface area contributed by atoms with Gasteiger partial charge < -0.3 is 5.32 Å². The van der Waals surface area contributed by atoms with Gasteiger partial charge in [-0.3, -0.25) is 10.1 Å². The van der Waals surface area contributed by atoms with Gasteiger partial charge in [0.1, 0.15) is 5.82 Å². The lowest BCUT2D eigenvalue weighted by Crippen LogP contribution is -2.02. The van der Waals surface area contributed by atoms with E-state index in [2.05, 4.69) is 12.2 Å². The Morgan fingerprint density at radius 2 is 2.06 bits per heavy atom. The third kappa shape index (κ3) is 4.80. The first-order chi connectivity index (χ1) is 8.13. The van der Waals surface area contributed by atoms with Crippen molar-refractivity contribution >= 4 is 11.4 Å². The van der Waals surface area contributed by atoms with Crippen LogP contribution in [0.2, 0.25) is 0 Å². The summed E-state index contributed by atoms with van der Waals surface area (Å²) < 4.78 is 13.1. The van der Waals surface area contributed by atoms with Gasteiger partial charge >= 0.3 is 0 Å². The smallest absolute Gasteiger partial charge is 0.274 e.